The Bertz CT molecular complexity index is 1380. The first-order valence-corrected chi connectivity index (χ1v) is 17.0. The highest BCUT2D eigenvalue weighted by molar-refractivity contribution is 5.84. The largest absolute Gasteiger partial charge is 0.497 e. The van der Waals surface area contributed by atoms with Crippen LogP contribution in [0.3, 0.4) is 0 Å². The van der Waals surface area contributed by atoms with Gasteiger partial charge < -0.3 is 29.7 Å². The molecule has 4 fully saturated rings. The summed E-state index contributed by atoms with van der Waals surface area (Å²) in [6.45, 7) is 12.7. The van der Waals surface area contributed by atoms with Crippen LogP contribution in [0.4, 0.5) is 0 Å². The van der Waals surface area contributed by atoms with Crippen molar-refractivity contribution in [3.8, 4) is 11.5 Å². The lowest BCUT2D eigenvalue weighted by Gasteiger charge is -2.50. The van der Waals surface area contributed by atoms with Gasteiger partial charge in [0, 0.05) is 43.4 Å². The standard InChI is InChI=1S/C20H24N2O2.C18H29NO3/c1-3-13-12-22-9-7-14(13)10-19(22)20(23)16-6-8-21-18-5-4-15(24-2)11-17(16)18;1-14(2)19-11-17(20)13-22-18-7-5-15(6-8-18)9-10-21-12-16-3-4-16/h3-6,8,11,13-14,19-20,23H,1,7,9-10,12H2,2H3;5-8,14,16-17,19-20H,3-4,9-13H2,1-2H3/t13-,14-,19+,20-;/m0./s1. The number of fused-ring (bicyclic) bond motifs is 4. The van der Waals surface area contributed by atoms with Crippen LogP contribution < -0.4 is 14.8 Å². The minimum atomic E-state index is -0.504. The fourth-order valence-electron chi connectivity index (χ4n) is 6.54. The first-order valence-electron chi connectivity index (χ1n) is 17.0. The van der Waals surface area contributed by atoms with Crippen LogP contribution in [-0.2, 0) is 11.2 Å². The van der Waals surface area contributed by atoms with Crippen molar-refractivity contribution in [1.82, 2.24) is 15.2 Å². The number of methoxy groups -OCH3 is 1. The third-order valence-electron chi connectivity index (χ3n) is 9.53. The number of rotatable bonds is 15. The van der Waals surface area contributed by atoms with Gasteiger partial charge in [0.05, 0.1) is 25.3 Å². The van der Waals surface area contributed by atoms with E-state index in [0.717, 1.165) is 73.0 Å². The maximum absolute atomic E-state index is 11.2. The molecular weight excluding hydrogens is 578 g/mol. The smallest absolute Gasteiger partial charge is 0.119 e. The Morgan fingerprint density at radius 2 is 1.85 bits per heavy atom. The van der Waals surface area contributed by atoms with E-state index < -0.39 is 12.2 Å². The van der Waals surface area contributed by atoms with E-state index in [-0.39, 0.29) is 6.04 Å². The zero-order valence-corrected chi connectivity index (χ0v) is 27.8. The Kier molecular flexibility index (Phi) is 12.5. The van der Waals surface area contributed by atoms with Gasteiger partial charge in [0.15, 0.2) is 0 Å². The number of hydrogen-bond acceptors (Lipinski definition) is 8. The van der Waals surface area contributed by atoms with E-state index in [2.05, 4.69) is 53.8 Å². The van der Waals surface area contributed by atoms with E-state index in [1.165, 1.54) is 24.8 Å². The van der Waals surface area contributed by atoms with Crippen molar-refractivity contribution < 1.29 is 24.4 Å². The molecule has 4 heterocycles. The van der Waals surface area contributed by atoms with Gasteiger partial charge in [0.2, 0.25) is 0 Å². The van der Waals surface area contributed by atoms with Gasteiger partial charge in [0.25, 0.3) is 0 Å². The molecule has 1 aromatic heterocycles. The number of ether oxygens (including phenoxy) is 3. The molecule has 3 saturated heterocycles. The monoisotopic (exact) mass is 631 g/mol. The van der Waals surface area contributed by atoms with Crippen LogP contribution in [0.2, 0.25) is 0 Å². The van der Waals surface area contributed by atoms with Crippen molar-refractivity contribution in [2.24, 2.45) is 17.8 Å². The molecule has 1 aliphatic carbocycles. The van der Waals surface area contributed by atoms with Crippen molar-refractivity contribution in [1.29, 1.82) is 0 Å². The Balaban J connectivity index is 0.000000182. The summed E-state index contributed by atoms with van der Waals surface area (Å²) in [5, 5.41) is 25.1. The number of piperidine rings is 3. The summed E-state index contributed by atoms with van der Waals surface area (Å²) in [6.07, 6.45) is 8.75. The van der Waals surface area contributed by atoms with E-state index in [1.807, 2.05) is 36.4 Å². The lowest BCUT2D eigenvalue weighted by Crippen LogP contribution is -2.54. The van der Waals surface area contributed by atoms with Crippen molar-refractivity contribution in [2.45, 2.75) is 70.2 Å². The van der Waals surface area contributed by atoms with Crippen molar-refractivity contribution in [3.05, 3.63) is 78.5 Å². The maximum atomic E-state index is 11.2. The van der Waals surface area contributed by atoms with Crippen LogP contribution in [0.5, 0.6) is 11.5 Å². The highest BCUT2D eigenvalue weighted by Crippen LogP contribution is 2.42. The first kappa shape index (κ1) is 34.3. The molecule has 0 spiro atoms. The molecule has 0 radical (unpaired) electrons. The predicted octanol–water partition coefficient (Wildman–Crippen LogP) is 5.57. The highest BCUT2D eigenvalue weighted by Gasteiger charge is 2.42. The zero-order chi connectivity index (χ0) is 32.5. The highest BCUT2D eigenvalue weighted by atomic mass is 16.5. The number of benzene rings is 2. The minimum absolute atomic E-state index is 0.178. The molecule has 46 heavy (non-hydrogen) atoms. The summed E-state index contributed by atoms with van der Waals surface area (Å²) in [4.78, 5) is 6.86. The molecule has 1 saturated carbocycles. The van der Waals surface area contributed by atoms with E-state index >= 15 is 0 Å². The second kappa shape index (κ2) is 16.7. The fraction of sp³-hybridized carbons (Fsp3) is 0.553. The van der Waals surface area contributed by atoms with E-state index in [9.17, 15) is 10.2 Å². The first-order chi connectivity index (χ1) is 22.3. The Morgan fingerprint density at radius 3 is 2.52 bits per heavy atom. The molecule has 6 atom stereocenters. The molecule has 3 aromatic rings. The van der Waals surface area contributed by atoms with E-state index in [4.69, 9.17) is 14.2 Å². The Hall–Kier alpha value is -3.01. The minimum Gasteiger partial charge on any atom is -0.497 e. The summed E-state index contributed by atoms with van der Waals surface area (Å²) in [5.74, 6) is 3.63. The van der Waals surface area contributed by atoms with E-state index in [0.29, 0.717) is 31.0 Å². The second-order valence-electron chi connectivity index (χ2n) is 13.4. The molecule has 4 aliphatic rings. The summed E-state index contributed by atoms with van der Waals surface area (Å²) in [6, 6.07) is 16.4. The average molecular weight is 632 g/mol. The third kappa shape index (κ3) is 9.52. The molecule has 0 amide bonds. The van der Waals surface area contributed by atoms with Crippen molar-refractivity contribution in [3.63, 3.8) is 0 Å². The van der Waals surface area contributed by atoms with Gasteiger partial charge in [-0.05, 0) is 104 Å². The normalized spacial score (nSPS) is 23.4. The Labute approximate surface area is 274 Å². The van der Waals surface area contributed by atoms with Crippen LogP contribution in [0, 0.1) is 17.8 Å². The van der Waals surface area contributed by atoms with Crippen LogP contribution in [0.25, 0.3) is 10.9 Å². The molecule has 250 valence electrons. The fourth-order valence-corrected chi connectivity index (χ4v) is 6.54. The number of nitrogens with zero attached hydrogens (tertiary/aromatic N) is 2. The zero-order valence-electron chi connectivity index (χ0n) is 27.8. The molecule has 3 aliphatic heterocycles. The van der Waals surface area contributed by atoms with Crippen LogP contribution >= 0.6 is 0 Å². The molecular formula is C38H53N3O5. The van der Waals surface area contributed by atoms with Crippen molar-refractivity contribution in [2.75, 3.05) is 46.6 Å². The molecule has 2 aromatic carbocycles. The average Bonchev–Trinajstić information content (AvgIpc) is 3.93. The van der Waals surface area contributed by atoms with Crippen LogP contribution in [-0.4, -0.2) is 84.8 Å². The van der Waals surface area contributed by atoms with E-state index in [1.54, 1.807) is 13.3 Å². The van der Waals surface area contributed by atoms with Gasteiger partial charge in [-0.25, -0.2) is 0 Å². The molecule has 8 heteroatoms. The molecule has 2 bridgehead atoms. The maximum Gasteiger partial charge on any atom is 0.119 e. The predicted molar refractivity (Wildman–Crippen MR) is 183 cm³/mol. The van der Waals surface area contributed by atoms with Gasteiger partial charge in [-0.2, -0.15) is 0 Å². The van der Waals surface area contributed by atoms with Gasteiger partial charge in [0.1, 0.15) is 24.2 Å². The molecule has 7 rings (SSSR count). The number of aliphatic hydroxyl groups excluding tert-OH is 2. The number of nitrogens with one attached hydrogen (secondary N) is 1. The SMILES string of the molecule is C=C[C@H]1C[N@]2CC[C@H]1C[C@@H]2[C@@H](O)c1ccnc2ccc(OC)cc12.CC(C)NCC(O)COc1ccc(CCOCC2CC2)cc1. The van der Waals surface area contributed by atoms with Crippen LogP contribution in [0.1, 0.15) is 56.8 Å². The summed E-state index contributed by atoms with van der Waals surface area (Å²) in [7, 11) is 1.66. The number of pyridine rings is 1. The van der Waals surface area contributed by atoms with Gasteiger partial charge >= 0.3 is 0 Å². The number of aliphatic hydroxyl groups is 2. The quantitative estimate of drug-likeness (QED) is 0.148. The number of hydrogen-bond donors (Lipinski definition) is 3. The third-order valence-corrected chi connectivity index (χ3v) is 9.53. The van der Waals surface area contributed by atoms with Gasteiger partial charge in [-0.3, -0.25) is 9.88 Å². The summed E-state index contributed by atoms with van der Waals surface area (Å²) in [5.41, 5.74) is 3.10. The van der Waals surface area contributed by atoms with Crippen molar-refractivity contribution >= 4 is 10.9 Å². The lowest BCUT2D eigenvalue weighted by atomic mass is 9.73. The second-order valence-corrected chi connectivity index (χ2v) is 13.4. The van der Waals surface area contributed by atoms with Gasteiger partial charge in [-0.1, -0.05) is 32.1 Å². The summed E-state index contributed by atoms with van der Waals surface area (Å²) >= 11 is 0. The molecule has 8 nitrogen and oxygen atoms in total. The van der Waals surface area contributed by atoms with Gasteiger partial charge in [-0.15, -0.1) is 6.58 Å². The topological polar surface area (TPSA) is 96.3 Å². The molecule has 3 N–H and O–H groups in total. The Morgan fingerprint density at radius 1 is 1.07 bits per heavy atom. The number of aromatic nitrogens is 1. The lowest BCUT2D eigenvalue weighted by molar-refractivity contribution is -0.0444. The van der Waals surface area contributed by atoms with Crippen LogP contribution in [0.15, 0.2) is 67.4 Å². The summed E-state index contributed by atoms with van der Waals surface area (Å²) < 4.78 is 16.6. The molecule has 1 unspecified atom stereocenters.